The molecular weight excluding hydrogens is 433 g/mol. The van der Waals surface area contributed by atoms with Crippen molar-refractivity contribution >= 4 is 23.2 Å². The molecule has 0 radical (unpaired) electrons. The summed E-state index contributed by atoms with van der Waals surface area (Å²) in [5.41, 5.74) is 0.296. The van der Waals surface area contributed by atoms with Crippen molar-refractivity contribution in [3.8, 4) is 5.75 Å². The predicted molar refractivity (Wildman–Crippen MR) is 121 cm³/mol. The van der Waals surface area contributed by atoms with Crippen LogP contribution in [0.15, 0.2) is 72.8 Å². The van der Waals surface area contributed by atoms with Crippen LogP contribution in [0.25, 0.3) is 0 Å². The minimum absolute atomic E-state index is 0.0340. The van der Waals surface area contributed by atoms with E-state index in [1.165, 1.54) is 36.4 Å². The monoisotopic (exact) mass is 456 g/mol. The van der Waals surface area contributed by atoms with Crippen LogP contribution in [0.1, 0.15) is 40.1 Å². The zero-order valence-corrected chi connectivity index (χ0v) is 18.1. The maximum absolute atomic E-state index is 12.8. The van der Waals surface area contributed by atoms with E-state index < -0.39 is 17.6 Å². The second-order valence-corrected chi connectivity index (χ2v) is 7.80. The van der Waals surface area contributed by atoms with Crippen molar-refractivity contribution in [2.75, 3.05) is 17.2 Å². The highest BCUT2D eigenvalue weighted by Crippen LogP contribution is 2.30. The summed E-state index contributed by atoms with van der Waals surface area (Å²) in [7, 11) is 0. The molecule has 0 unspecified atom stereocenters. The average Bonchev–Trinajstić information content (AvgIpc) is 2.78. The maximum Gasteiger partial charge on any atom is 0.416 e. The van der Waals surface area contributed by atoms with Crippen molar-refractivity contribution in [3.63, 3.8) is 0 Å². The number of anilines is 2. The van der Waals surface area contributed by atoms with Crippen molar-refractivity contribution in [2.24, 2.45) is 5.92 Å². The van der Waals surface area contributed by atoms with Crippen LogP contribution in [0.4, 0.5) is 24.5 Å². The van der Waals surface area contributed by atoms with Crippen LogP contribution < -0.4 is 15.4 Å². The molecule has 3 aromatic rings. The fraction of sp³-hybridized carbons (Fsp3) is 0.200. The second-order valence-electron chi connectivity index (χ2n) is 7.80. The summed E-state index contributed by atoms with van der Waals surface area (Å²) < 4.78 is 44.2. The first-order chi connectivity index (χ1) is 15.6. The number of carbonyl (C=O) groups is 2. The molecule has 5 nitrogen and oxygen atoms in total. The Bertz CT molecular complexity index is 1130. The average molecular weight is 456 g/mol. The Kier molecular flexibility index (Phi) is 7.37. The van der Waals surface area contributed by atoms with E-state index in [-0.39, 0.29) is 17.2 Å². The minimum Gasteiger partial charge on any atom is -0.493 e. The molecule has 0 spiro atoms. The first kappa shape index (κ1) is 23.8. The zero-order valence-electron chi connectivity index (χ0n) is 18.1. The van der Waals surface area contributed by atoms with Gasteiger partial charge in [-0.3, -0.25) is 9.59 Å². The van der Waals surface area contributed by atoms with Gasteiger partial charge in [-0.2, -0.15) is 13.2 Å². The van der Waals surface area contributed by atoms with E-state index in [1.807, 2.05) is 13.8 Å². The Morgan fingerprint density at radius 3 is 2.12 bits per heavy atom. The molecule has 2 N–H and O–H groups in total. The predicted octanol–water partition coefficient (Wildman–Crippen LogP) is 6.24. The molecule has 2 amide bonds. The summed E-state index contributed by atoms with van der Waals surface area (Å²) in [6.45, 7) is 4.59. The van der Waals surface area contributed by atoms with Crippen LogP contribution >= 0.6 is 0 Å². The first-order valence-corrected chi connectivity index (χ1v) is 10.2. The topological polar surface area (TPSA) is 67.4 Å². The molecule has 0 aliphatic carbocycles. The van der Waals surface area contributed by atoms with E-state index in [1.54, 1.807) is 24.3 Å². The number of halogens is 3. The Labute approximate surface area is 189 Å². The molecule has 0 fully saturated rings. The summed E-state index contributed by atoms with van der Waals surface area (Å²) >= 11 is 0. The third kappa shape index (κ3) is 6.83. The van der Waals surface area contributed by atoms with Gasteiger partial charge in [0.15, 0.2) is 0 Å². The third-order valence-electron chi connectivity index (χ3n) is 4.53. The van der Waals surface area contributed by atoms with E-state index in [0.717, 1.165) is 12.1 Å². The SMILES string of the molecule is CC(C)COc1cccc(C(=O)Nc2ccc(C(=O)Nc3cccc(C(F)(F)F)c3)cc2)c1. The first-order valence-electron chi connectivity index (χ1n) is 10.2. The number of carbonyl (C=O) groups excluding carboxylic acids is 2. The molecule has 8 heteroatoms. The van der Waals surface area contributed by atoms with Crippen LogP contribution in [0, 0.1) is 5.92 Å². The van der Waals surface area contributed by atoms with Crippen LogP contribution in [-0.2, 0) is 6.18 Å². The minimum atomic E-state index is -4.50. The highest BCUT2D eigenvalue weighted by molar-refractivity contribution is 6.06. The van der Waals surface area contributed by atoms with Crippen molar-refractivity contribution < 1.29 is 27.5 Å². The number of ether oxygens (including phenoxy) is 1. The van der Waals surface area contributed by atoms with Gasteiger partial charge in [0.1, 0.15) is 5.75 Å². The van der Waals surface area contributed by atoms with Gasteiger partial charge < -0.3 is 15.4 Å². The smallest absolute Gasteiger partial charge is 0.416 e. The van der Waals surface area contributed by atoms with Crippen molar-refractivity contribution in [3.05, 3.63) is 89.5 Å². The van der Waals surface area contributed by atoms with Gasteiger partial charge in [-0.1, -0.05) is 26.0 Å². The quantitative estimate of drug-likeness (QED) is 0.442. The Morgan fingerprint density at radius 2 is 1.45 bits per heavy atom. The molecule has 3 rings (SSSR count). The standard InChI is InChI=1S/C25H23F3N2O3/c1-16(2)15-33-22-8-3-5-18(13-22)24(32)29-20-11-9-17(10-12-20)23(31)30-21-7-4-6-19(14-21)25(26,27)28/h3-14,16H,15H2,1-2H3,(H,29,32)(H,30,31). The highest BCUT2D eigenvalue weighted by Gasteiger charge is 2.30. The largest absolute Gasteiger partial charge is 0.493 e. The molecule has 0 aromatic heterocycles. The molecule has 3 aromatic carbocycles. The van der Waals surface area contributed by atoms with Crippen LogP contribution in [0.3, 0.4) is 0 Å². The van der Waals surface area contributed by atoms with Crippen molar-refractivity contribution in [2.45, 2.75) is 20.0 Å². The zero-order chi connectivity index (χ0) is 24.0. The number of alkyl halides is 3. The van der Waals surface area contributed by atoms with E-state index in [2.05, 4.69) is 10.6 Å². The number of hydrogen-bond donors (Lipinski definition) is 2. The Balaban J connectivity index is 1.63. The maximum atomic E-state index is 12.8. The molecule has 33 heavy (non-hydrogen) atoms. The van der Waals surface area contributed by atoms with E-state index in [9.17, 15) is 22.8 Å². The molecule has 0 saturated carbocycles. The van der Waals surface area contributed by atoms with Crippen LogP contribution in [0.5, 0.6) is 5.75 Å². The molecular formula is C25H23F3N2O3. The van der Waals surface area contributed by atoms with Gasteiger partial charge in [-0.25, -0.2) is 0 Å². The number of benzene rings is 3. The number of nitrogens with one attached hydrogen (secondary N) is 2. The lowest BCUT2D eigenvalue weighted by Gasteiger charge is -2.11. The van der Waals surface area contributed by atoms with Gasteiger partial charge in [0.25, 0.3) is 11.8 Å². The lowest BCUT2D eigenvalue weighted by atomic mass is 10.1. The van der Waals surface area contributed by atoms with Crippen molar-refractivity contribution in [1.29, 1.82) is 0 Å². The molecule has 0 aliphatic heterocycles. The normalized spacial score (nSPS) is 11.2. The molecule has 0 saturated heterocycles. The highest BCUT2D eigenvalue weighted by atomic mass is 19.4. The molecule has 0 bridgehead atoms. The summed E-state index contributed by atoms with van der Waals surface area (Å²) in [6, 6.07) is 17.2. The number of amides is 2. The summed E-state index contributed by atoms with van der Waals surface area (Å²) in [4.78, 5) is 24.9. The van der Waals surface area contributed by atoms with Gasteiger partial charge in [0, 0.05) is 22.5 Å². The van der Waals surface area contributed by atoms with Gasteiger partial charge in [-0.15, -0.1) is 0 Å². The van der Waals surface area contributed by atoms with E-state index in [4.69, 9.17) is 4.74 Å². The fourth-order valence-electron chi connectivity index (χ4n) is 2.87. The third-order valence-corrected chi connectivity index (χ3v) is 4.53. The van der Waals surface area contributed by atoms with Crippen LogP contribution in [-0.4, -0.2) is 18.4 Å². The molecule has 0 atom stereocenters. The van der Waals surface area contributed by atoms with Crippen LogP contribution in [0.2, 0.25) is 0 Å². The molecule has 172 valence electrons. The lowest BCUT2D eigenvalue weighted by Crippen LogP contribution is -2.14. The second kappa shape index (κ2) is 10.2. The number of rotatable bonds is 7. The lowest BCUT2D eigenvalue weighted by molar-refractivity contribution is -0.137. The molecule has 0 heterocycles. The molecule has 0 aliphatic rings. The van der Waals surface area contributed by atoms with Gasteiger partial charge in [0.2, 0.25) is 0 Å². The van der Waals surface area contributed by atoms with Crippen molar-refractivity contribution in [1.82, 2.24) is 0 Å². The van der Waals surface area contributed by atoms with E-state index in [0.29, 0.717) is 29.5 Å². The summed E-state index contributed by atoms with van der Waals surface area (Å²) in [5, 5.41) is 5.18. The fourth-order valence-corrected chi connectivity index (χ4v) is 2.87. The number of hydrogen-bond acceptors (Lipinski definition) is 3. The summed E-state index contributed by atoms with van der Waals surface area (Å²) in [5.74, 6) is 0.0399. The van der Waals surface area contributed by atoms with Gasteiger partial charge in [-0.05, 0) is 66.6 Å². The Hall–Kier alpha value is -3.81. The van der Waals surface area contributed by atoms with E-state index >= 15 is 0 Å². The van der Waals surface area contributed by atoms with Gasteiger partial charge in [0.05, 0.1) is 12.2 Å². The van der Waals surface area contributed by atoms with Gasteiger partial charge >= 0.3 is 6.18 Å². The Morgan fingerprint density at radius 1 is 0.818 bits per heavy atom. The summed E-state index contributed by atoms with van der Waals surface area (Å²) in [6.07, 6.45) is -4.50.